The van der Waals surface area contributed by atoms with Gasteiger partial charge in [0.05, 0.1) is 0 Å². The van der Waals surface area contributed by atoms with E-state index in [9.17, 15) is 13.6 Å². The van der Waals surface area contributed by atoms with Gasteiger partial charge in [0.15, 0.2) is 0 Å². The highest BCUT2D eigenvalue weighted by atomic mass is 32.2. The molecule has 144 valence electrons. The van der Waals surface area contributed by atoms with Crippen LogP contribution in [0, 0.1) is 0 Å². The molecule has 0 heterocycles. The standard InChI is InChI=1S/C6H18N3OP.C3H7NO.C2H6OS.C2H6O/c1-7(2)11(10,8(3)4)9(5)6;1-4(2)3-5;1-4(2)3;1-3-2/h1-6H3;3H,1-2H3;1-2H3;1-2H3. The predicted molar refractivity (Wildman–Crippen MR) is 101 cm³/mol. The minimum Gasteiger partial charge on any atom is -0.388 e. The highest BCUT2D eigenvalue weighted by Crippen LogP contribution is 2.50. The molecule has 0 aromatic heterocycles. The molecule has 0 unspecified atom stereocenters. The highest BCUT2D eigenvalue weighted by molar-refractivity contribution is 7.83. The van der Waals surface area contributed by atoms with Gasteiger partial charge in [-0.05, 0) is 42.3 Å². The van der Waals surface area contributed by atoms with Gasteiger partial charge in [-0.25, -0.2) is 14.0 Å². The van der Waals surface area contributed by atoms with Gasteiger partial charge in [-0.15, -0.1) is 0 Å². The number of carbonyl (C=O) groups excluding carboxylic acids is 1. The molecule has 0 radical (unpaired) electrons. The summed E-state index contributed by atoms with van der Waals surface area (Å²) in [5.74, 6) is 0. The summed E-state index contributed by atoms with van der Waals surface area (Å²) in [5.41, 5.74) is 0. The number of nitrogens with zero attached hydrogens (tertiary/aromatic N) is 4. The summed E-state index contributed by atoms with van der Waals surface area (Å²) in [5, 5.41) is 0. The zero-order chi connectivity index (χ0) is 19.8. The van der Waals surface area contributed by atoms with Crippen LogP contribution in [0.5, 0.6) is 0 Å². The van der Waals surface area contributed by atoms with Crippen molar-refractivity contribution in [3.8, 4) is 0 Å². The average molecular weight is 377 g/mol. The van der Waals surface area contributed by atoms with E-state index in [-0.39, 0.29) is 0 Å². The number of ether oxygens (including phenoxy) is 1. The van der Waals surface area contributed by atoms with Crippen molar-refractivity contribution in [1.29, 1.82) is 0 Å². The Hall–Kier alpha value is -0.310. The molecular weight excluding hydrogens is 339 g/mol. The topological polar surface area (TPSA) is 73.4 Å². The minimum absolute atomic E-state index is 0.611. The third-order valence-corrected chi connectivity index (χ3v) is 4.90. The maximum atomic E-state index is 12.1. The zero-order valence-electron chi connectivity index (χ0n) is 16.9. The van der Waals surface area contributed by atoms with Gasteiger partial charge in [0.1, 0.15) is 0 Å². The third kappa shape index (κ3) is 21.7. The SMILES string of the molecule is CN(C)C=O.CN(C)P(=O)(N(C)C)N(C)C.COC.CS(C)=O. The van der Waals surface area contributed by atoms with Gasteiger partial charge in [0.25, 0.3) is 7.59 Å². The summed E-state index contributed by atoms with van der Waals surface area (Å²) in [6, 6.07) is 0. The van der Waals surface area contributed by atoms with E-state index in [1.54, 1.807) is 54.8 Å². The van der Waals surface area contributed by atoms with Crippen molar-refractivity contribution < 1.29 is 18.3 Å². The summed E-state index contributed by atoms with van der Waals surface area (Å²) >= 11 is 0. The zero-order valence-corrected chi connectivity index (χ0v) is 18.6. The van der Waals surface area contributed by atoms with Gasteiger partial charge in [0.2, 0.25) is 6.41 Å². The van der Waals surface area contributed by atoms with E-state index in [2.05, 4.69) is 4.74 Å². The van der Waals surface area contributed by atoms with Gasteiger partial charge in [-0.1, -0.05) is 0 Å². The van der Waals surface area contributed by atoms with Crippen LogP contribution in [-0.4, -0.2) is 113 Å². The maximum Gasteiger partial charge on any atom is 0.285 e. The third-order valence-electron chi connectivity index (χ3n) is 1.77. The average Bonchev–Trinajstić information content (AvgIpc) is 2.37. The lowest BCUT2D eigenvalue weighted by Crippen LogP contribution is -2.30. The Bertz CT molecular complexity index is 307. The summed E-state index contributed by atoms with van der Waals surface area (Å²) in [6.07, 6.45) is 4.03. The first-order chi connectivity index (χ1) is 10.2. The molecule has 0 aliphatic carbocycles. The Morgan fingerprint density at radius 2 is 0.957 bits per heavy atom. The van der Waals surface area contributed by atoms with Crippen LogP contribution >= 0.6 is 7.59 Å². The van der Waals surface area contributed by atoms with E-state index in [1.807, 2.05) is 42.3 Å². The lowest BCUT2D eigenvalue weighted by atomic mass is 11.0. The molecule has 0 rings (SSSR count). The largest absolute Gasteiger partial charge is 0.388 e. The normalized spacial score (nSPS) is 10.3. The first-order valence-electron chi connectivity index (χ1n) is 6.65. The van der Waals surface area contributed by atoms with Crippen LogP contribution in [0.2, 0.25) is 0 Å². The molecule has 0 saturated heterocycles. The van der Waals surface area contributed by atoms with Crippen LogP contribution in [0.25, 0.3) is 0 Å². The molecule has 0 aliphatic rings. The second-order valence-electron chi connectivity index (χ2n) is 5.27. The summed E-state index contributed by atoms with van der Waals surface area (Å²) in [7, 11) is 14.5. The molecular formula is C13H37N4O4PS. The first kappa shape index (κ1) is 30.6. The molecule has 0 atom stereocenters. The Morgan fingerprint density at radius 1 is 0.826 bits per heavy atom. The molecule has 0 aromatic carbocycles. The van der Waals surface area contributed by atoms with Gasteiger partial charge in [0, 0.05) is 51.6 Å². The maximum absolute atomic E-state index is 12.1. The highest BCUT2D eigenvalue weighted by Gasteiger charge is 2.30. The van der Waals surface area contributed by atoms with Crippen LogP contribution < -0.4 is 0 Å². The predicted octanol–water partition coefficient (Wildman–Crippen LogP) is 0.741. The molecule has 0 bridgehead atoms. The van der Waals surface area contributed by atoms with E-state index in [0.29, 0.717) is 0 Å². The fourth-order valence-corrected chi connectivity index (χ4v) is 3.22. The van der Waals surface area contributed by atoms with Crippen molar-refractivity contribution in [2.45, 2.75) is 0 Å². The van der Waals surface area contributed by atoms with Crippen LogP contribution in [0.1, 0.15) is 0 Å². The second-order valence-corrected chi connectivity index (χ2v) is 10.2. The van der Waals surface area contributed by atoms with Crippen LogP contribution in [0.4, 0.5) is 0 Å². The molecule has 0 aliphatic heterocycles. The number of hydrogen-bond donors (Lipinski definition) is 0. The molecule has 0 aromatic rings. The van der Waals surface area contributed by atoms with Crippen molar-refractivity contribution in [1.82, 2.24) is 18.9 Å². The number of carbonyl (C=O) groups is 1. The molecule has 23 heavy (non-hydrogen) atoms. The fourth-order valence-electron chi connectivity index (χ4n) is 1.07. The molecule has 0 fully saturated rings. The van der Waals surface area contributed by atoms with Gasteiger partial charge in [-0.2, -0.15) is 0 Å². The Morgan fingerprint density at radius 3 is 0.957 bits per heavy atom. The number of amides is 1. The molecule has 0 N–H and O–H groups in total. The Balaban J connectivity index is -0.000000125. The van der Waals surface area contributed by atoms with E-state index in [0.717, 1.165) is 6.41 Å². The number of hydrogen-bond acceptors (Lipinski definition) is 4. The van der Waals surface area contributed by atoms with Crippen LogP contribution in [0.15, 0.2) is 0 Å². The van der Waals surface area contributed by atoms with E-state index < -0.39 is 18.4 Å². The van der Waals surface area contributed by atoms with Gasteiger partial charge >= 0.3 is 0 Å². The van der Waals surface area contributed by atoms with E-state index >= 15 is 0 Å². The van der Waals surface area contributed by atoms with Crippen molar-refractivity contribution in [2.24, 2.45) is 0 Å². The quantitative estimate of drug-likeness (QED) is 0.529. The minimum atomic E-state index is -2.44. The summed E-state index contributed by atoms with van der Waals surface area (Å²) in [6.45, 7) is 0. The van der Waals surface area contributed by atoms with Gasteiger partial charge in [-0.3, -0.25) is 13.6 Å². The van der Waals surface area contributed by atoms with Gasteiger partial charge < -0.3 is 9.64 Å². The Labute approximate surface area is 145 Å². The number of methoxy groups -OCH3 is 1. The monoisotopic (exact) mass is 376 g/mol. The lowest BCUT2D eigenvalue weighted by Gasteiger charge is -2.34. The van der Waals surface area contributed by atoms with E-state index in [1.165, 1.54) is 4.90 Å². The fraction of sp³-hybridized carbons (Fsp3) is 0.923. The summed E-state index contributed by atoms with van der Waals surface area (Å²) < 4.78 is 31.1. The van der Waals surface area contributed by atoms with Crippen molar-refractivity contribution >= 4 is 24.8 Å². The molecule has 1 amide bonds. The molecule has 0 saturated carbocycles. The van der Waals surface area contributed by atoms with Crippen LogP contribution in [0.3, 0.4) is 0 Å². The first-order valence-corrected chi connectivity index (χ1v) is 10.2. The smallest absolute Gasteiger partial charge is 0.285 e. The molecule has 0 spiro atoms. The summed E-state index contributed by atoms with van der Waals surface area (Å²) in [4.78, 5) is 10.9. The number of rotatable bonds is 4. The van der Waals surface area contributed by atoms with Crippen molar-refractivity contribution in [2.75, 3.05) is 83.1 Å². The van der Waals surface area contributed by atoms with Crippen molar-refractivity contribution in [3.05, 3.63) is 0 Å². The van der Waals surface area contributed by atoms with Crippen LogP contribution in [-0.2, 0) is 24.9 Å². The molecule has 10 heteroatoms. The van der Waals surface area contributed by atoms with Crippen molar-refractivity contribution in [3.63, 3.8) is 0 Å². The molecule has 8 nitrogen and oxygen atoms in total. The Kier molecular flexibility index (Phi) is 24.0. The second kappa shape index (κ2) is 18.0. The lowest BCUT2D eigenvalue weighted by molar-refractivity contribution is -0.115. The van der Waals surface area contributed by atoms with E-state index in [4.69, 9.17) is 0 Å².